The Kier molecular flexibility index (Phi) is 6.19. The van der Waals surface area contributed by atoms with Gasteiger partial charge in [-0.25, -0.2) is 0 Å². The minimum absolute atomic E-state index is 0.114. The highest BCUT2D eigenvalue weighted by Crippen LogP contribution is 2.23. The van der Waals surface area contributed by atoms with Crippen LogP contribution in [0.15, 0.2) is 18.2 Å². The number of esters is 1. The van der Waals surface area contributed by atoms with E-state index in [2.05, 4.69) is 18.3 Å². The van der Waals surface area contributed by atoms with Crippen LogP contribution < -0.4 is 10.1 Å². The first-order valence-electron chi connectivity index (χ1n) is 6.64. The van der Waals surface area contributed by atoms with E-state index in [-0.39, 0.29) is 11.9 Å². The molecule has 0 aliphatic carbocycles. The highest BCUT2D eigenvalue weighted by atomic mass is 16.5. The van der Waals surface area contributed by atoms with Gasteiger partial charge in [0.15, 0.2) is 0 Å². The maximum Gasteiger partial charge on any atom is 0.310 e. The third-order valence-electron chi connectivity index (χ3n) is 3.24. The van der Waals surface area contributed by atoms with Gasteiger partial charge in [0.2, 0.25) is 0 Å². The second-order valence-electron chi connectivity index (χ2n) is 4.39. The predicted octanol–water partition coefficient (Wildman–Crippen LogP) is 2.87. The van der Waals surface area contributed by atoms with E-state index in [0.717, 1.165) is 29.8 Å². The van der Waals surface area contributed by atoms with Crippen molar-refractivity contribution in [1.29, 1.82) is 0 Å². The molecule has 0 spiro atoms. The van der Waals surface area contributed by atoms with Gasteiger partial charge in [0.25, 0.3) is 0 Å². The van der Waals surface area contributed by atoms with E-state index < -0.39 is 0 Å². The fourth-order valence-corrected chi connectivity index (χ4v) is 1.97. The second kappa shape index (κ2) is 7.67. The molecule has 0 saturated heterocycles. The van der Waals surface area contributed by atoms with Crippen LogP contribution >= 0.6 is 0 Å². The number of methoxy groups -OCH3 is 2. The van der Waals surface area contributed by atoms with E-state index in [1.165, 1.54) is 7.11 Å². The van der Waals surface area contributed by atoms with Crippen molar-refractivity contribution in [2.75, 3.05) is 26.1 Å². The molecule has 0 amide bonds. The first-order valence-corrected chi connectivity index (χ1v) is 6.64. The van der Waals surface area contributed by atoms with Gasteiger partial charge in [-0.3, -0.25) is 4.79 Å². The quantitative estimate of drug-likeness (QED) is 0.770. The Labute approximate surface area is 115 Å². The monoisotopic (exact) mass is 265 g/mol. The first kappa shape index (κ1) is 15.3. The van der Waals surface area contributed by atoms with Crippen LogP contribution in [0.1, 0.15) is 25.8 Å². The van der Waals surface area contributed by atoms with Crippen molar-refractivity contribution >= 4 is 11.7 Å². The zero-order chi connectivity index (χ0) is 14.3. The van der Waals surface area contributed by atoms with E-state index >= 15 is 0 Å². The molecular weight excluding hydrogens is 242 g/mol. The molecule has 0 bridgehead atoms. The summed E-state index contributed by atoms with van der Waals surface area (Å²) < 4.78 is 10.1. The number of anilines is 1. The highest BCUT2D eigenvalue weighted by molar-refractivity contribution is 5.73. The molecule has 0 radical (unpaired) electrons. The molecule has 1 atom stereocenters. The minimum Gasteiger partial charge on any atom is -0.496 e. The van der Waals surface area contributed by atoms with Gasteiger partial charge in [0, 0.05) is 12.2 Å². The number of carbonyl (C=O) groups excluding carboxylic acids is 1. The van der Waals surface area contributed by atoms with Crippen LogP contribution in [0.5, 0.6) is 5.75 Å². The Morgan fingerprint density at radius 2 is 2.05 bits per heavy atom. The molecule has 4 heteroatoms. The zero-order valence-corrected chi connectivity index (χ0v) is 12.2. The Morgan fingerprint density at radius 1 is 1.32 bits per heavy atom. The lowest BCUT2D eigenvalue weighted by Gasteiger charge is -2.15. The lowest BCUT2D eigenvalue weighted by Crippen LogP contribution is -2.23. The van der Waals surface area contributed by atoms with E-state index in [0.29, 0.717) is 6.54 Å². The van der Waals surface area contributed by atoms with Crippen molar-refractivity contribution in [2.24, 2.45) is 5.92 Å². The van der Waals surface area contributed by atoms with Crippen LogP contribution in [-0.2, 0) is 16.0 Å². The van der Waals surface area contributed by atoms with Gasteiger partial charge in [-0.15, -0.1) is 0 Å². The number of nitrogens with one attached hydrogen (secondary N) is 1. The Morgan fingerprint density at radius 3 is 2.58 bits per heavy atom. The lowest BCUT2D eigenvalue weighted by atomic mass is 10.1. The van der Waals surface area contributed by atoms with Crippen molar-refractivity contribution < 1.29 is 14.3 Å². The molecule has 0 fully saturated rings. The maximum absolute atomic E-state index is 11.5. The standard InChI is InChI=1S/C15H23NO3/c1-5-11-9-13(7-8-14(11)18-3)16-10-12(6-2)15(17)19-4/h7-9,12,16H,5-6,10H2,1-4H3. The van der Waals surface area contributed by atoms with Gasteiger partial charge in [0.05, 0.1) is 20.1 Å². The van der Waals surface area contributed by atoms with Crippen LogP contribution in [0.4, 0.5) is 5.69 Å². The minimum atomic E-state index is -0.167. The summed E-state index contributed by atoms with van der Waals surface area (Å²) in [5, 5.41) is 3.28. The molecule has 0 aliphatic heterocycles. The smallest absolute Gasteiger partial charge is 0.310 e. The summed E-state index contributed by atoms with van der Waals surface area (Å²) in [6, 6.07) is 5.96. The van der Waals surface area contributed by atoms with Crippen LogP contribution in [0.2, 0.25) is 0 Å². The number of hydrogen-bond donors (Lipinski definition) is 1. The fraction of sp³-hybridized carbons (Fsp3) is 0.533. The highest BCUT2D eigenvalue weighted by Gasteiger charge is 2.16. The van der Waals surface area contributed by atoms with Crippen LogP contribution in [0.3, 0.4) is 0 Å². The average molecular weight is 265 g/mol. The first-order chi connectivity index (χ1) is 9.15. The molecule has 1 unspecified atom stereocenters. The molecule has 0 saturated carbocycles. The van der Waals surface area contributed by atoms with Crippen molar-refractivity contribution in [3.05, 3.63) is 23.8 Å². The van der Waals surface area contributed by atoms with Crippen LogP contribution in [0, 0.1) is 5.92 Å². The summed E-state index contributed by atoms with van der Waals surface area (Å²) in [6.07, 6.45) is 1.67. The fourth-order valence-electron chi connectivity index (χ4n) is 1.97. The number of aryl methyl sites for hydroxylation is 1. The van der Waals surface area contributed by atoms with E-state index in [1.54, 1.807) is 7.11 Å². The van der Waals surface area contributed by atoms with Crippen LogP contribution in [-0.4, -0.2) is 26.7 Å². The summed E-state index contributed by atoms with van der Waals surface area (Å²) in [5.41, 5.74) is 2.15. The summed E-state index contributed by atoms with van der Waals surface area (Å²) >= 11 is 0. The normalized spacial score (nSPS) is 11.8. The summed E-state index contributed by atoms with van der Waals surface area (Å²) in [6.45, 7) is 4.65. The van der Waals surface area contributed by atoms with Crippen molar-refractivity contribution in [1.82, 2.24) is 0 Å². The lowest BCUT2D eigenvalue weighted by molar-refractivity contribution is -0.145. The topological polar surface area (TPSA) is 47.6 Å². The summed E-state index contributed by atoms with van der Waals surface area (Å²) in [4.78, 5) is 11.5. The molecule has 0 aromatic heterocycles. The van der Waals surface area contributed by atoms with Gasteiger partial charge < -0.3 is 14.8 Å². The van der Waals surface area contributed by atoms with Gasteiger partial charge in [-0.1, -0.05) is 13.8 Å². The summed E-state index contributed by atoms with van der Waals surface area (Å²) in [7, 11) is 3.10. The van der Waals surface area contributed by atoms with E-state index in [4.69, 9.17) is 9.47 Å². The molecule has 19 heavy (non-hydrogen) atoms. The second-order valence-corrected chi connectivity index (χ2v) is 4.39. The largest absolute Gasteiger partial charge is 0.496 e. The number of carbonyl (C=O) groups is 1. The van der Waals surface area contributed by atoms with Gasteiger partial charge in [-0.05, 0) is 36.6 Å². The van der Waals surface area contributed by atoms with Crippen molar-refractivity contribution in [2.45, 2.75) is 26.7 Å². The molecule has 0 aliphatic rings. The van der Waals surface area contributed by atoms with Gasteiger partial charge >= 0.3 is 5.97 Å². The van der Waals surface area contributed by atoms with Crippen molar-refractivity contribution in [3.8, 4) is 5.75 Å². The van der Waals surface area contributed by atoms with E-state index in [1.807, 2.05) is 19.1 Å². The van der Waals surface area contributed by atoms with E-state index in [9.17, 15) is 4.79 Å². The Balaban J connectivity index is 2.69. The third kappa shape index (κ3) is 4.16. The number of rotatable bonds is 7. The molecule has 1 rings (SSSR count). The number of ether oxygens (including phenoxy) is 2. The molecule has 1 N–H and O–H groups in total. The number of hydrogen-bond acceptors (Lipinski definition) is 4. The maximum atomic E-state index is 11.5. The third-order valence-corrected chi connectivity index (χ3v) is 3.24. The van der Waals surface area contributed by atoms with Crippen molar-refractivity contribution in [3.63, 3.8) is 0 Å². The Bertz CT molecular complexity index is 418. The Hall–Kier alpha value is -1.71. The predicted molar refractivity (Wildman–Crippen MR) is 76.7 cm³/mol. The average Bonchev–Trinajstić information content (AvgIpc) is 2.47. The molecule has 0 heterocycles. The van der Waals surface area contributed by atoms with Crippen LogP contribution in [0.25, 0.3) is 0 Å². The molecular formula is C15H23NO3. The summed E-state index contributed by atoms with van der Waals surface area (Å²) in [5.74, 6) is 0.615. The number of benzene rings is 1. The SMILES string of the molecule is CCc1cc(NCC(CC)C(=O)OC)ccc1OC. The molecule has 4 nitrogen and oxygen atoms in total. The molecule has 1 aromatic rings. The molecule has 106 valence electrons. The van der Waals surface area contributed by atoms with Gasteiger partial charge in [0.1, 0.15) is 5.75 Å². The zero-order valence-electron chi connectivity index (χ0n) is 12.2. The van der Waals surface area contributed by atoms with Gasteiger partial charge in [-0.2, -0.15) is 0 Å². The molecule has 1 aromatic carbocycles.